The van der Waals surface area contributed by atoms with Crippen molar-refractivity contribution in [1.82, 2.24) is 5.32 Å². The van der Waals surface area contributed by atoms with Gasteiger partial charge in [-0.3, -0.25) is 0 Å². The maximum Gasteiger partial charge on any atom is 0.123 e. The molecule has 0 saturated carbocycles. The Morgan fingerprint density at radius 2 is 1.88 bits per heavy atom. The lowest BCUT2D eigenvalue weighted by Gasteiger charge is -2.22. The summed E-state index contributed by atoms with van der Waals surface area (Å²) in [5, 5.41) is 11.7. The van der Waals surface area contributed by atoms with E-state index in [4.69, 9.17) is 9.84 Å². The quantitative estimate of drug-likeness (QED) is 0.743. The summed E-state index contributed by atoms with van der Waals surface area (Å²) in [6.45, 7) is 8.69. The van der Waals surface area contributed by atoms with Gasteiger partial charge in [-0.1, -0.05) is 39.0 Å². The molecule has 1 aromatic carbocycles. The predicted molar refractivity (Wildman–Crippen MR) is 70.6 cm³/mol. The molecule has 0 unspecified atom stereocenters. The Labute approximate surface area is 104 Å². The van der Waals surface area contributed by atoms with E-state index in [9.17, 15) is 0 Å². The van der Waals surface area contributed by atoms with Crippen molar-refractivity contribution in [2.75, 3.05) is 26.3 Å². The summed E-state index contributed by atoms with van der Waals surface area (Å²) in [5.74, 6) is 0.950. The van der Waals surface area contributed by atoms with Gasteiger partial charge in [-0.15, -0.1) is 0 Å². The van der Waals surface area contributed by atoms with Gasteiger partial charge in [0.25, 0.3) is 0 Å². The van der Waals surface area contributed by atoms with Gasteiger partial charge in [0.2, 0.25) is 0 Å². The number of hydrogen-bond donors (Lipinski definition) is 2. The first kappa shape index (κ1) is 14.0. The molecule has 0 aromatic heterocycles. The second-order valence-electron chi connectivity index (χ2n) is 5.07. The molecule has 2 N–H and O–H groups in total. The summed E-state index contributed by atoms with van der Waals surface area (Å²) in [6, 6.07) is 8.15. The summed E-state index contributed by atoms with van der Waals surface area (Å²) >= 11 is 0. The van der Waals surface area contributed by atoms with Crippen molar-refractivity contribution in [1.29, 1.82) is 0 Å². The molecule has 1 rings (SSSR count). The van der Waals surface area contributed by atoms with Gasteiger partial charge in [0.1, 0.15) is 12.4 Å². The van der Waals surface area contributed by atoms with Gasteiger partial charge in [0.15, 0.2) is 0 Å². The zero-order valence-electron chi connectivity index (χ0n) is 11.0. The zero-order chi connectivity index (χ0) is 12.7. The van der Waals surface area contributed by atoms with Crippen molar-refractivity contribution in [3.05, 3.63) is 29.8 Å². The van der Waals surface area contributed by atoms with Gasteiger partial charge in [-0.2, -0.15) is 0 Å². The lowest BCUT2D eigenvalue weighted by atomic mass is 9.86. The summed E-state index contributed by atoms with van der Waals surface area (Å²) in [7, 11) is 0. The minimum absolute atomic E-state index is 0.0924. The summed E-state index contributed by atoms with van der Waals surface area (Å²) in [6.07, 6.45) is 0. The third-order valence-electron chi connectivity index (χ3n) is 2.52. The van der Waals surface area contributed by atoms with Gasteiger partial charge < -0.3 is 15.2 Å². The Bertz CT molecular complexity index is 331. The van der Waals surface area contributed by atoms with Crippen molar-refractivity contribution in [3.63, 3.8) is 0 Å². The molecule has 0 bridgehead atoms. The Hall–Kier alpha value is -1.06. The molecule has 0 aliphatic carbocycles. The van der Waals surface area contributed by atoms with Gasteiger partial charge in [0, 0.05) is 13.1 Å². The van der Waals surface area contributed by atoms with Gasteiger partial charge in [0.05, 0.1) is 6.61 Å². The van der Waals surface area contributed by atoms with Gasteiger partial charge >= 0.3 is 0 Å². The average molecular weight is 237 g/mol. The number of benzene rings is 1. The molecule has 0 atom stereocenters. The van der Waals surface area contributed by atoms with Crippen molar-refractivity contribution < 1.29 is 9.84 Å². The topological polar surface area (TPSA) is 41.5 Å². The molecule has 0 radical (unpaired) electrons. The second kappa shape index (κ2) is 6.62. The highest BCUT2D eigenvalue weighted by molar-refractivity contribution is 5.38. The van der Waals surface area contributed by atoms with Crippen LogP contribution < -0.4 is 10.1 Å². The van der Waals surface area contributed by atoms with Crippen LogP contribution in [-0.4, -0.2) is 31.4 Å². The predicted octanol–water partition coefficient (Wildman–Crippen LogP) is 1.94. The number of aliphatic hydroxyl groups excluding tert-OH is 1. The highest BCUT2D eigenvalue weighted by Crippen LogP contribution is 2.30. The zero-order valence-corrected chi connectivity index (χ0v) is 11.0. The van der Waals surface area contributed by atoms with E-state index in [-0.39, 0.29) is 12.0 Å². The maximum atomic E-state index is 8.63. The van der Waals surface area contributed by atoms with Crippen LogP contribution in [-0.2, 0) is 5.41 Å². The molecule has 1 aromatic rings. The SMILES string of the molecule is CC(C)(C)c1ccccc1OCCNCCO. The standard InChI is InChI=1S/C14H23NO2/c1-14(2,3)12-6-4-5-7-13(12)17-11-9-15-8-10-16/h4-7,15-16H,8-11H2,1-3H3. The molecule has 0 saturated heterocycles. The van der Waals surface area contributed by atoms with Crippen LogP contribution in [0.2, 0.25) is 0 Å². The Morgan fingerprint density at radius 3 is 2.53 bits per heavy atom. The third-order valence-corrected chi connectivity index (χ3v) is 2.52. The van der Waals surface area contributed by atoms with Crippen LogP contribution in [0.15, 0.2) is 24.3 Å². The van der Waals surface area contributed by atoms with Crippen molar-refractivity contribution >= 4 is 0 Å². The van der Waals surface area contributed by atoms with E-state index >= 15 is 0 Å². The first-order valence-corrected chi connectivity index (χ1v) is 6.09. The number of para-hydroxylation sites is 1. The van der Waals surface area contributed by atoms with Crippen LogP contribution in [0, 0.1) is 0 Å². The van der Waals surface area contributed by atoms with Crippen molar-refractivity contribution in [2.45, 2.75) is 26.2 Å². The van der Waals surface area contributed by atoms with Crippen molar-refractivity contribution in [2.24, 2.45) is 0 Å². The molecule has 96 valence electrons. The number of aliphatic hydroxyl groups is 1. The van der Waals surface area contributed by atoms with Gasteiger partial charge in [-0.05, 0) is 17.0 Å². The van der Waals surface area contributed by atoms with Crippen LogP contribution >= 0.6 is 0 Å². The highest BCUT2D eigenvalue weighted by atomic mass is 16.5. The van der Waals surface area contributed by atoms with E-state index in [1.54, 1.807) is 0 Å². The lowest BCUT2D eigenvalue weighted by molar-refractivity contribution is 0.273. The normalized spacial score (nSPS) is 11.5. The van der Waals surface area contributed by atoms with Crippen LogP contribution in [0.5, 0.6) is 5.75 Å². The Kier molecular flexibility index (Phi) is 5.45. The van der Waals surface area contributed by atoms with Crippen LogP contribution in [0.4, 0.5) is 0 Å². The maximum absolute atomic E-state index is 8.63. The van der Waals surface area contributed by atoms with E-state index in [0.29, 0.717) is 13.2 Å². The molecular formula is C14H23NO2. The summed E-state index contributed by atoms with van der Waals surface area (Å²) in [5.41, 5.74) is 1.32. The smallest absolute Gasteiger partial charge is 0.123 e. The molecule has 0 amide bonds. The van der Waals surface area contributed by atoms with E-state index < -0.39 is 0 Å². The Morgan fingerprint density at radius 1 is 1.18 bits per heavy atom. The number of ether oxygens (including phenoxy) is 1. The first-order chi connectivity index (χ1) is 8.05. The van der Waals surface area contributed by atoms with Crippen LogP contribution in [0.3, 0.4) is 0 Å². The van der Waals surface area contributed by atoms with E-state index in [1.165, 1.54) is 5.56 Å². The molecule has 0 fully saturated rings. The average Bonchev–Trinajstić information content (AvgIpc) is 2.28. The molecule has 3 heteroatoms. The molecule has 3 nitrogen and oxygen atoms in total. The van der Waals surface area contributed by atoms with Crippen LogP contribution in [0.1, 0.15) is 26.3 Å². The van der Waals surface area contributed by atoms with E-state index in [0.717, 1.165) is 12.3 Å². The molecule has 0 heterocycles. The minimum atomic E-state index is 0.0924. The van der Waals surface area contributed by atoms with E-state index in [2.05, 4.69) is 32.2 Å². The largest absolute Gasteiger partial charge is 0.492 e. The fourth-order valence-electron chi connectivity index (χ4n) is 1.65. The monoisotopic (exact) mass is 237 g/mol. The molecular weight excluding hydrogens is 214 g/mol. The van der Waals surface area contributed by atoms with E-state index in [1.807, 2.05) is 18.2 Å². The minimum Gasteiger partial charge on any atom is -0.492 e. The fourth-order valence-corrected chi connectivity index (χ4v) is 1.65. The fraction of sp³-hybridized carbons (Fsp3) is 0.571. The number of rotatable bonds is 6. The molecule has 0 spiro atoms. The lowest BCUT2D eigenvalue weighted by Crippen LogP contribution is -2.24. The summed E-state index contributed by atoms with van der Waals surface area (Å²) < 4.78 is 5.77. The van der Waals surface area contributed by atoms with Crippen LogP contribution in [0.25, 0.3) is 0 Å². The number of hydrogen-bond acceptors (Lipinski definition) is 3. The third kappa shape index (κ3) is 4.75. The second-order valence-corrected chi connectivity index (χ2v) is 5.07. The Balaban J connectivity index is 2.53. The highest BCUT2D eigenvalue weighted by Gasteiger charge is 2.17. The molecule has 17 heavy (non-hydrogen) atoms. The number of nitrogens with one attached hydrogen (secondary N) is 1. The molecule has 0 aliphatic heterocycles. The first-order valence-electron chi connectivity index (χ1n) is 6.09. The van der Waals surface area contributed by atoms with Gasteiger partial charge in [-0.25, -0.2) is 0 Å². The van der Waals surface area contributed by atoms with Crippen molar-refractivity contribution in [3.8, 4) is 5.75 Å². The molecule has 0 aliphatic rings. The summed E-state index contributed by atoms with van der Waals surface area (Å²) in [4.78, 5) is 0.